The van der Waals surface area contributed by atoms with Crippen molar-refractivity contribution in [1.29, 1.82) is 0 Å². The Kier molecular flexibility index (Phi) is 5.23. The summed E-state index contributed by atoms with van der Waals surface area (Å²) in [7, 11) is -2.63. The molecule has 0 aliphatic carbocycles. The van der Waals surface area contributed by atoms with Gasteiger partial charge in [-0.3, -0.25) is 9.52 Å². The maximum absolute atomic E-state index is 13.1. The average molecular weight is 369 g/mol. The van der Waals surface area contributed by atoms with Gasteiger partial charge < -0.3 is 4.74 Å². The molecule has 0 aromatic heterocycles. The molecule has 3 aromatic rings. The van der Waals surface area contributed by atoms with Crippen molar-refractivity contribution in [1.82, 2.24) is 0 Å². The zero-order valence-corrected chi connectivity index (χ0v) is 15.1. The molecule has 0 spiro atoms. The second-order valence-electron chi connectivity index (χ2n) is 5.85. The molecule has 0 amide bonds. The van der Waals surface area contributed by atoms with Crippen LogP contribution in [0.3, 0.4) is 0 Å². The lowest BCUT2D eigenvalue weighted by Crippen LogP contribution is -2.24. The van der Waals surface area contributed by atoms with Crippen molar-refractivity contribution in [2.24, 2.45) is 0 Å². The van der Waals surface area contributed by atoms with Crippen molar-refractivity contribution < 1.29 is 17.9 Å². The second kappa shape index (κ2) is 7.58. The second-order valence-corrected chi connectivity index (χ2v) is 7.72. The van der Waals surface area contributed by atoms with Gasteiger partial charge in [0.15, 0.2) is 0 Å². The first-order chi connectivity index (χ1) is 12.5. The van der Waals surface area contributed by atoms with Crippen LogP contribution < -0.4 is 4.72 Å². The molecule has 0 saturated carbocycles. The largest absolute Gasteiger partial charge is 0.469 e. The maximum atomic E-state index is 13.1. The summed E-state index contributed by atoms with van der Waals surface area (Å²) < 4.78 is 33.5. The lowest BCUT2D eigenvalue weighted by Gasteiger charge is -2.19. The molecule has 0 bridgehead atoms. The molecule has 0 fully saturated rings. The Morgan fingerprint density at radius 3 is 2.35 bits per heavy atom. The van der Waals surface area contributed by atoms with Crippen LogP contribution in [0.2, 0.25) is 0 Å². The van der Waals surface area contributed by atoms with Crippen LogP contribution in [-0.2, 0) is 19.6 Å². The van der Waals surface area contributed by atoms with E-state index < -0.39 is 21.2 Å². The minimum Gasteiger partial charge on any atom is -0.469 e. The number of sulfonamides is 1. The summed E-state index contributed by atoms with van der Waals surface area (Å²) in [5.74, 6) is -0.581. The van der Waals surface area contributed by atoms with E-state index in [0.717, 1.165) is 10.8 Å². The first-order valence-electron chi connectivity index (χ1n) is 8.12. The molecule has 0 unspecified atom stereocenters. The fourth-order valence-corrected chi connectivity index (χ4v) is 4.35. The lowest BCUT2D eigenvalue weighted by molar-refractivity contribution is -0.140. The van der Waals surface area contributed by atoms with Gasteiger partial charge in [0.1, 0.15) is 5.25 Å². The molecule has 1 atom stereocenters. The third kappa shape index (κ3) is 3.86. The van der Waals surface area contributed by atoms with Crippen molar-refractivity contribution in [3.05, 3.63) is 78.4 Å². The standard InChI is InChI=1S/C20H19NO4S/c1-25-20(22)14-19(16-9-3-2-4-10-16)26(23,24)21-18-13-7-11-15-8-5-6-12-17(15)18/h2-13,19,21H,14H2,1H3/t19-/m1/s1. The van der Waals surface area contributed by atoms with E-state index in [-0.39, 0.29) is 6.42 Å². The highest BCUT2D eigenvalue weighted by molar-refractivity contribution is 7.93. The van der Waals surface area contributed by atoms with Gasteiger partial charge in [-0.05, 0) is 17.0 Å². The molecule has 1 N–H and O–H groups in total. The first-order valence-corrected chi connectivity index (χ1v) is 9.67. The van der Waals surface area contributed by atoms with E-state index in [1.165, 1.54) is 7.11 Å². The molecule has 26 heavy (non-hydrogen) atoms. The topological polar surface area (TPSA) is 72.5 Å². The molecule has 134 valence electrons. The molecule has 6 heteroatoms. The van der Waals surface area contributed by atoms with Gasteiger partial charge in [-0.25, -0.2) is 8.42 Å². The molecule has 0 saturated heterocycles. The summed E-state index contributed by atoms with van der Waals surface area (Å²) in [5, 5.41) is 0.676. The maximum Gasteiger partial charge on any atom is 0.307 e. The number of benzene rings is 3. The van der Waals surface area contributed by atoms with E-state index in [4.69, 9.17) is 0 Å². The van der Waals surface area contributed by atoms with Crippen LogP contribution in [0.25, 0.3) is 10.8 Å². The SMILES string of the molecule is COC(=O)C[C@H](c1ccccc1)S(=O)(=O)Nc1cccc2ccccc12. The number of hydrogen-bond donors (Lipinski definition) is 1. The fraction of sp³-hybridized carbons (Fsp3) is 0.150. The normalized spacial score (nSPS) is 12.5. The quantitative estimate of drug-likeness (QED) is 0.669. The number of nitrogens with one attached hydrogen (secondary N) is 1. The number of fused-ring (bicyclic) bond motifs is 1. The smallest absolute Gasteiger partial charge is 0.307 e. The molecule has 5 nitrogen and oxygen atoms in total. The molecule has 3 aromatic carbocycles. The molecule has 0 radical (unpaired) electrons. The van der Waals surface area contributed by atoms with Gasteiger partial charge in [-0.2, -0.15) is 0 Å². The van der Waals surface area contributed by atoms with Gasteiger partial charge in [0.2, 0.25) is 10.0 Å². The third-order valence-corrected chi connectivity index (χ3v) is 5.86. The molecular weight excluding hydrogens is 350 g/mol. The average Bonchev–Trinajstić information content (AvgIpc) is 2.66. The number of hydrogen-bond acceptors (Lipinski definition) is 4. The van der Waals surface area contributed by atoms with Gasteiger partial charge in [-0.1, -0.05) is 66.7 Å². The molecule has 0 aliphatic rings. The van der Waals surface area contributed by atoms with Crippen LogP contribution in [0.15, 0.2) is 72.8 Å². The number of esters is 1. The number of carbonyl (C=O) groups excluding carboxylic acids is 1. The van der Waals surface area contributed by atoms with Crippen molar-refractivity contribution in [2.45, 2.75) is 11.7 Å². The number of rotatable bonds is 6. The zero-order chi connectivity index (χ0) is 18.6. The zero-order valence-electron chi connectivity index (χ0n) is 14.3. The van der Waals surface area contributed by atoms with Crippen LogP contribution in [0, 0.1) is 0 Å². The van der Waals surface area contributed by atoms with Crippen LogP contribution in [0.1, 0.15) is 17.2 Å². The molecule has 0 aliphatic heterocycles. The Hall–Kier alpha value is -2.86. The Labute approximate surface area is 152 Å². The highest BCUT2D eigenvalue weighted by Gasteiger charge is 2.30. The summed E-state index contributed by atoms with van der Waals surface area (Å²) in [4.78, 5) is 11.8. The monoisotopic (exact) mass is 369 g/mol. The third-order valence-electron chi connectivity index (χ3n) is 4.17. The van der Waals surface area contributed by atoms with E-state index in [9.17, 15) is 13.2 Å². The molecular formula is C20H19NO4S. The number of anilines is 1. The first kappa shape index (κ1) is 17.9. The van der Waals surface area contributed by atoms with Crippen molar-refractivity contribution in [2.75, 3.05) is 11.8 Å². The summed E-state index contributed by atoms with van der Waals surface area (Å²) >= 11 is 0. The van der Waals surface area contributed by atoms with E-state index >= 15 is 0 Å². The van der Waals surface area contributed by atoms with Crippen LogP contribution in [-0.4, -0.2) is 21.5 Å². The van der Waals surface area contributed by atoms with Crippen LogP contribution in [0.5, 0.6) is 0 Å². The van der Waals surface area contributed by atoms with Gasteiger partial charge in [0.25, 0.3) is 0 Å². The Balaban J connectivity index is 2.01. The summed E-state index contributed by atoms with van der Waals surface area (Å²) in [6.45, 7) is 0. The van der Waals surface area contributed by atoms with Gasteiger partial charge >= 0.3 is 5.97 Å². The number of carbonyl (C=O) groups is 1. The molecule has 0 heterocycles. The van der Waals surface area contributed by atoms with E-state index in [1.54, 1.807) is 42.5 Å². The minimum absolute atomic E-state index is 0.263. The minimum atomic E-state index is -3.88. The number of methoxy groups -OCH3 is 1. The van der Waals surface area contributed by atoms with E-state index in [0.29, 0.717) is 11.3 Å². The summed E-state index contributed by atoms with van der Waals surface area (Å²) in [6, 6.07) is 21.6. The van der Waals surface area contributed by atoms with E-state index in [2.05, 4.69) is 9.46 Å². The Bertz CT molecular complexity index is 1010. The highest BCUT2D eigenvalue weighted by Crippen LogP contribution is 2.31. The summed E-state index contributed by atoms with van der Waals surface area (Å²) in [5.41, 5.74) is 1.01. The van der Waals surface area contributed by atoms with Crippen molar-refractivity contribution in [3.63, 3.8) is 0 Å². The predicted molar refractivity (Wildman–Crippen MR) is 102 cm³/mol. The van der Waals surface area contributed by atoms with Crippen LogP contribution in [0.4, 0.5) is 5.69 Å². The highest BCUT2D eigenvalue weighted by atomic mass is 32.2. The van der Waals surface area contributed by atoms with Crippen LogP contribution >= 0.6 is 0 Å². The van der Waals surface area contributed by atoms with Crippen molar-refractivity contribution >= 4 is 32.5 Å². The fourth-order valence-electron chi connectivity index (χ4n) is 2.85. The number of ether oxygens (including phenoxy) is 1. The Morgan fingerprint density at radius 2 is 1.62 bits per heavy atom. The predicted octanol–water partition coefficient (Wildman–Crippen LogP) is 3.89. The molecule has 3 rings (SSSR count). The Morgan fingerprint density at radius 1 is 0.962 bits per heavy atom. The van der Waals surface area contributed by atoms with Crippen molar-refractivity contribution in [3.8, 4) is 0 Å². The summed E-state index contributed by atoms with van der Waals surface area (Å²) in [6.07, 6.45) is -0.263. The van der Waals surface area contributed by atoms with E-state index in [1.807, 2.05) is 30.3 Å². The van der Waals surface area contributed by atoms with Gasteiger partial charge in [0.05, 0.1) is 19.2 Å². The lowest BCUT2D eigenvalue weighted by atomic mass is 10.1. The van der Waals surface area contributed by atoms with Gasteiger partial charge in [0, 0.05) is 5.39 Å². The van der Waals surface area contributed by atoms with Gasteiger partial charge in [-0.15, -0.1) is 0 Å².